The van der Waals surface area contributed by atoms with Gasteiger partial charge in [0.15, 0.2) is 11.4 Å². The fourth-order valence-corrected chi connectivity index (χ4v) is 5.00. The lowest BCUT2D eigenvalue weighted by atomic mass is 10.1. The summed E-state index contributed by atoms with van der Waals surface area (Å²) in [6.45, 7) is 1.47. The molecule has 6 aromatic rings. The van der Waals surface area contributed by atoms with Crippen LogP contribution in [0.3, 0.4) is 0 Å². The van der Waals surface area contributed by atoms with Gasteiger partial charge in [-0.25, -0.2) is 9.97 Å². The van der Waals surface area contributed by atoms with Crippen LogP contribution in [0.5, 0.6) is 5.75 Å². The van der Waals surface area contributed by atoms with E-state index in [9.17, 15) is 4.79 Å². The highest BCUT2D eigenvalue weighted by Gasteiger charge is 2.17. The summed E-state index contributed by atoms with van der Waals surface area (Å²) < 4.78 is 8.14. The summed E-state index contributed by atoms with van der Waals surface area (Å²) in [5.74, 6) is 0.938. The van der Waals surface area contributed by atoms with E-state index in [2.05, 4.69) is 30.9 Å². The molecule has 6 rings (SSSR count). The number of imidazole rings is 1. The molecule has 0 unspecified atom stereocenters. The van der Waals surface area contributed by atoms with Crippen molar-refractivity contribution in [2.75, 3.05) is 17.2 Å². The van der Waals surface area contributed by atoms with Crippen LogP contribution in [0.25, 0.3) is 33.0 Å². The number of aromatic amines is 1. The summed E-state index contributed by atoms with van der Waals surface area (Å²) in [5, 5.41) is 5.21. The molecule has 206 valence electrons. The van der Waals surface area contributed by atoms with Crippen molar-refractivity contribution < 1.29 is 14.1 Å². The number of anilines is 3. The van der Waals surface area contributed by atoms with E-state index >= 15 is 0 Å². The van der Waals surface area contributed by atoms with E-state index in [1.54, 1.807) is 12.4 Å². The molecule has 1 amide bonds. The number of nitrogen functional groups attached to an aromatic ring is 3. The Morgan fingerprint density at radius 2 is 1.56 bits per heavy atom. The van der Waals surface area contributed by atoms with Crippen molar-refractivity contribution in [1.29, 1.82) is 0 Å². The number of ether oxygens (including phenoxy) is 1. The fourth-order valence-electron chi connectivity index (χ4n) is 5.00. The van der Waals surface area contributed by atoms with Gasteiger partial charge < -0.3 is 32.2 Å². The van der Waals surface area contributed by atoms with Gasteiger partial charge in [-0.3, -0.25) is 4.79 Å². The molecule has 0 atom stereocenters. The molecule has 41 heavy (non-hydrogen) atoms. The number of hydrogen-bond donors (Lipinski definition) is 5. The van der Waals surface area contributed by atoms with E-state index in [4.69, 9.17) is 21.9 Å². The van der Waals surface area contributed by atoms with Crippen LogP contribution < -0.4 is 31.8 Å². The summed E-state index contributed by atoms with van der Waals surface area (Å²) in [6, 6.07) is 23.5. The van der Waals surface area contributed by atoms with Gasteiger partial charge in [-0.15, -0.1) is 0 Å². The third kappa shape index (κ3) is 5.67. The third-order valence-corrected chi connectivity index (χ3v) is 7.07. The number of pyridine rings is 2. The van der Waals surface area contributed by atoms with E-state index in [0.29, 0.717) is 66.6 Å². The van der Waals surface area contributed by atoms with Crippen molar-refractivity contribution in [2.45, 2.75) is 32.5 Å². The number of carbonyl (C=O) groups is 1. The maximum atomic E-state index is 12.7. The first kappa shape index (κ1) is 25.9. The molecule has 0 saturated heterocycles. The second-order valence-corrected chi connectivity index (χ2v) is 10.1. The van der Waals surface area contributed by atoms with Crippen LogP contribution in [-0.4, -0.2) is 20.9 Å². The van der Waals surface area contributed by atoms with Gasteiger partial charge in [0, 0.05) is 59.7 Å². The van der Waals surface area contributed by atoms with Gasteiger partial charge in [0.25, 0.3) is 0 Å². The molecular formula is C31H31N8O2+. The Bertz CT molecular complexity index is 1820. The van der Waals surface area contributed by atoms with Crippen molar-refractivity contribution in [3.8, 4) is 5.75 Å². The van der Waals surface area contributed by atoms with Crippen LogP contribution in [-0.2, 0) is 24.5 Å². The Labute approximate surface area is 236 Å². The lowest BCUT2D eigenvalue weighted by Gasteiger charge is -2.09. The Hall–Kier alpha value is -5.38. The Kier molecular flexibility index (Phi) is 6.95. The number of hydrogen-bond acceptors (Lipinski definition) is 7. The number of benzene rings is 3. The largest absolute Gasteiger partial charge is 0.486 e. The van der Waals surface area contributed by atoms with Crippen molar-refractivity contribution in [3.63, 3.8) is 0 Å². The highest BCUT2D eigenvalue weighted by atomic mass is 16.5. The van der Waals surface area contributed by atoms with E-state index in [1.165, 1.54) is 0 Å². The zero-order valence-electron chi connectivity index (χ0n) is 22.4. The smallest absolute Gasteiger partial charge is 0.220 e. The zero-order chi connectivity index (χ0) is 28.3. The third-order valence-electron chi connectivity index (χ3n) is 7.07. The monoisotopic (exact) mass is 547 g/mol. The predicted octanol–water partition coefficient (Wildman–Crippen LogP) is 3.97. The average molecular weight is 548 g/mol. The summed E-state index contributed by atoms with van der Waals surface area (Å²) in [7, 11) is 0. The number of nitrogens with one attached hydrogen (secondary N) is 2. The number of fused-ring (bicyclic) bond motifs is 3. The minimum Gasteiger partial charge on any atom is -0.486 e. The quantitative estimate of drug-likeness (QED) is 0.104. The van der Waals surface area contributed by atoms with E-state index in [1.807, 2.05) is 60.7 Å². The topological polar surface area (TPSA) is 162 Å². The van der Waals surface area contributed by atoms with Gasteiger partial charge in [0.1, 0.15) is 24.5 Å². The molecule has 0 bridgehead atoms. The molecule has 3 aromatic carbocycles. The number of aromatic nitrogens is 4. The molecule has 10 heteroatoms. The molecule has 3 aromatic heterocycles. The van der Waals surface area contributed by atoms with Crippen molar-refractivity contribution in [1.82, 2.24) is 20.3 Å². The number of amides is 1. The Morgan fingerprint density at radius 3 is 2.27 bits per heavy atom. The number of rotatable bonds is 9. The lowest BCUT2D eigenvalue weighted by Crippen LogP contribution is -2.36. The Morgan fingerprint density at radius 1 is 0.878 bits per heavy atom. The van der Waals surface area contributed by atoms with Gasteiger partial charge in [0.2, 0.25) is 16.9 Å². The standard InChI is InChI=1S/C31H30N8O2/c32-23-9-7-21-12-22-8-10-24(33)14-26(22)39(25(21)13-23)11-1-2-29(40)35-16-19-3-5-20(6-4-19)17-41-27-15-28(34)38-31-30(27)36-18-37-31/h3-10,12-15,18H,1-2,11,16-17H2,(H7,32,33,34,35,36,37,38,40)/p+1. The Balaban J connectivity index is 1.04. The number of nitrogens with two attached hydrogens (primary N) is 3. The molecule has 0 aliphatic rings. The second-order valence-electron chi connectivity index (χ2n) is 10.1. The molecule has 0 spiro atoms. The molecule has 10 nitrogen and oxygen atoms in total. The normalized spacial score (nSPS) is 11.3. The number of aryl methyl sites for hydroxylation is 1. The maximum absolute atomic E-state index is 12.7. The summed E-state index contributed by atoms with van der Waals surface area (Å²) >= 11 is 0. The molecule has 0 aliphatic heterocycles. The van der Waals surface area contributed by atoms with Crippen molar-refractivity contribution in [2.24, 2.45) is 0 Å². The molecule has 3 heterocycles. The van der Waals surface area contributed by atoms with Crippen LogP contribution in [0, 0.1) is 0 Å². The summed E-state index contributed by atoms with van der Waals surface area (Å²) in [5.41, 5.74) is 24.7. The number of carbonyl (C=O) groups excluding carboxylic acids is 1. The van der Waals surface area contributed by atoms with Crippen molar-refractivity contribution in [3.05, 3.63) is 90.3 Å². The van der Waals surface area contributed by atoms with Gasteiger partial charge in [-0.1, -0.05) is 24.3 Å². The first-order valence-corrected chi connectivity index (χ1v) is 13.4. The highest BCUT2D eigenvalue weighted by molar-refractivity contribution is 5.91. The highest BCUT2D eigenvalue weighted by Crippen LogP contribution is 2.25. The molecular weight excluding hydrogens is 516 g/mol. The first-order valence-electron chi connectivity index (χ1n) is 13.4. The lowest BCUT2D eigenvalue weighted by molar-refractivity contribution is -0.645. The number of nitrogens with zero attached hydrogens (tertiary/aromatic N) is 3. The van der Waals surface area contributed by atoms with E-state index in [-0.39, 0.29) is 5.91 Å². The fraction of sp³-hybridized carbons (Fsp3) is 0.161. The van der Waals surface area contributed by atoms with E-state index in [0.717, 1.165) is 32.9 Å². The second kappa shape index (κ2) is 11.0. The summed E-state index contributed by atoms with van der Waals surface area (Å²) in [4.78, 5) is 24.1. The van der Waals surface area contributed by atoms with Crippen molar-refractivity contribution >= 4 is 56.1 Å². The first-order chi connectivity index (χ1) is 19.9. The predicted molar refractivity (Wildman–Crippen MR) is 161 cm³/mol. The molecule has 0 fully saturated rings. The average Bonchev–Trinajstić information content (AvgIpc) is 3.44. The minimum atomic E-state index is -0.000115. The van der Waals surface area contributed by atoms with Crippen LogP contribution >= 0.6 is 0 Å². The molecule has 0 saturated carbocycles. The molecule has 8 N–H and O–H groups in total. The van der Waals surface area contributed by atoms with E-state index < -0.39 is 0 Å². The van der Waals surface area contributed by atoms with Gasteiger partial charge in [-0.05, 0) is 41.5 Å². The SMILES string of the molecule is Nc1ccc2cc3ccc(N)cc3[n+](CCCC(=O)NCc3ccc(COc4cc(N)nc5[nH]cnc45)cc3)c2c1. The minimum absolute atomic E-state index is 0.000115. The van der Waals surface area contributed by atoms with Gasteiger partial charge in [-0.2, -0.15) is 4.57 Å². The van der Waals surface area contributed by atoms with Crippen LogP contribution in [0.1, 0.15) is 24.0 Å². The maximum Gasteiger partial charge on any atom is 0.220 e. The molecule has 0 radical (unpaired) electrons. The molecule has 0 aliphatic carbocycles. The van der Waals surface area contributed by atoms with Crippen LogP contribution in [0.15, 0.2) is 79.1 Å². The van der Waals surface area contributed by atoms with Gasteiger partial charge in [0.05, 0.1) is 6.33 Å². The zero-order valence-corrected chi connectivity index (χ0v) is 22.4. The van der Waals surface area contributed by atoms with Crippen LogP contribution in [0.2, 0.25) is 0 Å². The van der Waals surface area contributed by atoms with Gasteiger partial charge >= 0.3 is 0 Å². The summed E-state index contributed by atoms with van der Waals surface area (Å²) in [6.07, 6.45) is 2.63. The number of H-pyrrole nitrogens is 1. The van der Waals surface area contributed by atoms with Crippen LogP contribution in [0.4, 0.5) is 17.2 Å².